The molecule has 3 atom stereocenters. The number of carbonyl (C=O) groups is 2. The molecule has 2 N–H and O–H groups in total. The van der Waals surface area contributed by atoms with E-state index in [-0.39, 0.29) is 29.8 Å². The molecule has 0 saturated carbocycles. The highest BCUT2D eigenvalue weighted by molar-refractivity contribution is 7.09. The van der Waals surface area contributed by atoms with E-state index in [4.69, 9.17) is 4.98 Å². The summed E-state index contributed by atoms with van der Waals surface area (Å²) < 4.78 is 0. The van der Waals surface area contributed by atoms with Crippen molar-refractivity contribution in [3.8, 4) is 0 Å². The van der Waals surface area contributed by atoms with E-state index in [1.807, 2.05) is 37.8 Å². The summed E-state index contributed by atoms with van der Waals surface area (Å²) in [5, 5.41) is 9.07. The zero-order valence-electron chi connectivity index (χ0n) is 22.4. The summed E-state index contributed by atoms with van der Waals surface area (Å²) in [4.78, 5) is 33.6. The third-order valence-corrected chi connectivity index (χ3v) is 8.11. The first kappa shape index (κ1) is 27.0. The van der Waals surface area contributed by atoms with E-state index in [1.54, 1.807) is 25.3 Å². The molecule has 2 amide bonds. The summed E-state index contributed by atoms with van der Waals surface area (Å²) in [5.41, 5.74) is 2.96. The summed E-state index contributed by atoms with van der Waals surface area (Å²) in [6.45, 7) is 8.46. The molecule has 0 aliphatic carbocycles. The van der Waals surface area contributed by atoms with E-state index in [1.165, 1.54) is 11.1 Å². The van der Waals surface area contributed by atoms with Crippen LogP contribution in [-0.4, -0.2) is 47.4 Å². The number of rotatable bonds is 8. The maximum atomic E-state index is 13.9. The molecule has 2 unspecified atom stereocenters. The number of likely N-dealkylation sites (N-methyl/N-ethyl adjacent to an activating group) is 1. The Morgan fingerprint density at radius 2 is 1.62 bits per heavy atom. The van der Waals surface area contributed by atoms with Crippen LogP contribution in [0.3, 0.4) is 0 Å². The highest BCUT2D eigenvalue weighted by atomic mass is 32.1. The van der Waals surface area contributed by atoms with Gasteiger partial charge in [0.2, 0.25) is 11.8 Å². The lowest BCUT2D eigenvalue weighted by Gasteiger charge is -2.36. The summed E-state index contributed by atoms with van der Waals surface area (Å²) >= 11 is 1.62. The van der Waals surface area contributed by atoms with Crippen LogP contribution in [0.25, 0.3) is 0 Å². The van der Waals surface area contributed by atoms with Crippen LogP contribution >= 0.6 is 11.3 Å². The lowest BCUT2D eigenvalue weighted by molar-refractivity contribution is -0.140. The molecule has 196 valence electrons. The third kappa shape index (κ3) is 6.11. The van der Waals surface area contributed by atoms with Gasteiger partial charge in [-0.25, -0.2) is 4.98 Å². The number of aromatic nitrogens is 1. The molecule has 0 radical (unpaired) electrons. The van der Waals surface area contributed by atoms with Gasteiger partial charge in [0, 0.05) is 11.9 Å². The Morgan fingerprint density at radius 1 is 1.03 bits per heavy atom. The quantitative estimate of drug-likeness (QED) is 0.434. The van der Waals surface area contributed by atoms with Gasteiger partial charge in [-0.15, -0.1) is 11.3 Å². The Bertz CT molecular complexity index is 1150. The van der Waals surface area contributed by atoms with Crippen LogP contribution < -0.4 is 10.6 Å². The zero-order chi connectivity index (χ0) is 26.6. The van der Waals surface area contributed by atoms with Gasteiger partial charge in [-0.05, 0) is 43.4 Å². The molecule has 1 aliphatic rings. The molecule has 2 aromatic carbocycles. The monoisotopic (exact) mass is 518 g/mol. The maximum Gasteiger partial charge on any atom is 0.246 e. The van der Waals surface area contributed by atoms with Crippen molar-refractivity contribution in [1.29, 1.82) is 0 Å². The molecule has 2 heterocycles. The maximum absolute atomic E-state index is 13.9. The first-order chi connectivity index (χ1) is 17.7. The van der Waals surface area contributed by atoms with Gasteiger partial charge < -0.3 is 15.5 Å². The lowest BCUT2D eigenvalue weighted by Crippen LogP contribution is -2.57. The molecule has 4 rings (SSSR count). The fourth-order valence-corrected chi connectivity index (χ4v) is 5.90. The number of likely N-dealkylation sites (tertiary alicyclic amines) is 1. The number of benzene rings is 2. The SMILES string of the molecule is CN[C@@H](C)C(=O)NC(C(=O)N1CCCC1c1nc(C(c2ccccc2)c2ccccc2)cs1)C(C)(C)C. The Balaban J connectivity index is 1.62. The molecule has 6 nitrogen and oxygen atoms in total. The molecule has 3 aromatic rings. The fraction of sp³-hybridized carbons (Fsp3) is 0.433. The topological polar surface area (TPSA) is 74.3 Å². The molecule has 0 spiro atoms. The van der Waals surface area contributed by atoms with E-state index in [0.29, 0.717) is 6.54 Å². The van der Waals surface area contributed by atoms with Crippen LogP contribution in [0.15, 0.2) is 66.0 Å². The van der Waals surface area contributed by atoms with Crippen molar-refractivity contribution in [2.24, 2.45) is 5.41 Å². The Hall–Kier alpha value is -3.03. The van der Waals surface area contributed by atoms with Crippen molar-refractivity contribution in [3.05, 3.63) is 87.9 Å². The van der Waals surface area contributed by atoms with Gasteiger partial charge in [0.05, 0.1) is 23.7 Å². The molecule has 7 heteroatoms. The fourth-order valence-electron chi connectivity index (χ4n) is 4.91. The molecule has 0 bridgehead atoms. The summed E-state index contributed by atoms with van der Waals surface area (Å²) in [6.07, 6.45) is 1.79. The Morgan fingerprint density at radius 3 is 2.16 bits per heavy atom. The molecule has 1 aliphatic heterocycles. The summed E-state index contributed by atoms with van der Waals surface area (Å²) in [6, 6.07) is 19.8. The van der Waals surface area contributed by atoms with Gasteiger partial charge in [0.15, 0.2) is 0 Å². The molecular formula is C30H38N4O2S. The first-order valence-corrected chi connectivity index (χ1v) is 13.9. The number of nitrogens with one attached hydrogen (secondary N) is 2. The third-order valence-electron chi connectivity index (χ3n) is 7.15. The van der Waals surface area contributed by atoms with Crippen LogP contribution in [0.5, 0.6) is 0 Å². The smallest absolute Gasteiger partial charge is 0.246 e. The van der Waals surface area contributed by atoms with Crippen molar-refractivity contribution >= 4 is 23.2 Å². The number of carbonyl (C=O) groups excluding carboxylic acids is 2. The zero-order valence-corrected chi connectivity index (χ0v) is 23.2. The summed E-state index contributed by atoms with van der Waals surface area (Å²) in [5.74, 6) is -0.176. The minimum absolute atomic E-state index is 0.0302. The number of amides is 2. The van der Waals surface area contributed by atoms with Crippen LogP contribution in [0.4, 0.5) is 0 Å². The molecule has 1 fully saturated rings. The van der Waals surface area contributed by atoms with Gasteiger partial charge in [0.1, 0.15) is 11.0 Å². The average molecular weight is 519 g/mol. The second-order valence-corrected chi connectivity index (χ2v) is 11.8. The normalized spacial score (nSPS) is 17.6. The van der Waals surface area contributed by atoms with Crippen LogP contribution in [0.2, 0.25) is 0 Å². The highest BCUT2D eigenvalue weighted by Gasteiger charge is 2.41. The van der Waals surface area contributed by atoms with Gasteiger partial charge >= 0.3 is 0 Å². The van der Waals surface area contributed by atoms with E-state index in [0.717, 1.165) is 23.5 Å². The molecule has 1 saturated heterocycles. The minimum Gasteiger partial charge on any atom is -0.342 e. The van der Waals surface area contributed by atoms with Gasteiger partial charge in [-0.3, -0.25) is 9.59 Å². The number of hydrogen-bond donors (Lipinski definition) is 2. The van der Waals surface area contributed by atoms with Crippen molar-refractivity contribution in [2.75, 3.05) is 13.6 Å². The van der Waals surface area contributed by atoms with E-state index >= 15 is 0 Å². The van der Waals surface area contributed by atoms with E-state index < -0.39 is 11.5 Å². The predicted molar refractivity (Wildman–Crippen MR) is 150 cm³/mol. The predicted octanol–water partition coefficient (Wildman–Crippen LogP) is 5.13. The van der Waals surface area contributed by atoms with Crippen molar-refractivity contribution in [2.45, 2.75) is 64.6 Å². The second-order valence-electron chi connectivity index (χ2n) is 10.9. The van der Waals surface area contributed by atoms with Crippen molar-refractivity contribution < 1.29 is 9.59 Å². The Kier molecular flexibility index (Phi) is 8.45. The van der Waals surface area contributed by atoms with Crippen molar-refractivity contribution in [3.63, 3.8) is 0 Å². The minimum atomic E-state index is -0.614. The molecule has 1 aromatic heterocycles. The van der Waals surface area contributed by atoms with Crippen LogP contribution in [-0.2, 0) is 9.59 Å². The molecular weight excluding hydrogens is 480 g/mol. The average Bonchev–Trinajstić information content (AvgIpc) is 3.57. The highest BCUT2D eigenvalue weighted by Crippen LogP contribution is 2.39. The lowest BCUT2D eigenvalue weighted by atomic mass is 9.85. The van der Waals surface area contributed by atoms with E-state index in [2.05, 4.69) is 64.5 Å². The number of nitrogens with zero attached hydrogens (tertiary/aromatic N) is 2. The van der Waals surface area contributed by atoms with Crippen molar-refractivity contribution in [1.82, 2.24) is 20.5 Å². The molecule has 37 heavy (non-hydrogen) atoms. The largest absolute Gasteiger partial charge is 0.342 e. The first-order valence-electron chi connectivity index (χ1n) is 13.0. The van der Waals surface area contributed by atoms with Crippen LogP contribution in [0.1, 0.15) is 74.3 Å². The second kappa shape index (κ2) is 11.6. The summed E-state index contributed by atoms with van der Waals surface area (Å²) in [7, 11) is 1.74. The van der Waals surface area contributed by atoms with Gasteiger partial charge in [-0.2, -0.15) is 0 Å². The Labute approximate surface area is 224 Å². The van der Waals surface area contributed by atoms with Crippen LogP contribution in [0, 0.1) is 5.41 Å². The standard InChI is InChI=1S/C30H38N4O2S/c1-20(31-5)27(35)33-26(30(2,3)4)29(36)34-18-12-17-24(34)28-32-23(19-37-28)25(21-13-8-6-9-14-21)22-15-10-7-11-16-22/h6-11,13-16,19-20,24-26,31H,12,17-18H2,1-5H3,(H,33,35)/t20-,24?,26?/m0/s1. The van der Waals surface area contributed by atoms with E-state index in [9.17, 15) is 9.59 Å². The number of thiazole rings is 1. The van der Waals surface area contributed by atoms with Gasteiger partial charge in [0.25, 0.3) is 0 Å². The number of hydrogen-bond acceptors (Lipinski definition) is 5. The van der Waals surface area contributed by atoms with Gasteiger partial charge in [-0.1, -0.05) is 81.4 Å².